The second kappa shape index (κ2) is 12.5. The molecule has 11 heteroatoms. The summed E-state index contributed by atoms with van der Waals surface area (Å²) in [5, 5.41) is 7.04. The molecule has 0 bridgehead atoms. The number of sulfonamides is 1. The van der Waals surface area contributed by atoms with Gasteiger partial charge in [-0.15, -0.1) is 11.3 Å². The Morgan fingerprint density at radius 2 is 1.95 bits per heavy atom. The molecule has 4 rings (SSSR count). The summed E-state index contributed by atoms with van der Waals surface area (Å²) in [4.78, 5) is 26.8. The van der Waals surface area contributed by atoms with Crippen LogP contribution in [0.2, 0.25) is 5.02 Å². The molecule has 0 saturated carbocycles. The second-order valence-corrected chi connectivity index (χ2v) is 14.3. The summed E-state index contributed by atoms with van der Waals surface area (Å²) < 4.78 is 29.7. The van der Waals surface area contributed by atoms with Crippen LogP contribution < -0.4 is 10.6 Å². The van der Waals surface area contributed by atoms with E-state index >= 15 is 0 Å². The van der Waals surface area contributed by atoms with Crippen LogP contribution in [0.15, 0.2) is 57.9 Å². The van der Waals surface area contributed by atoms with Gasteiger partial charge < -0.3 is 10.6 Å². The molecule has 1 aromatic heterocycles. The molecule has 0 radical (unpaired) electrons. The van der Waals surface area contributed by atoms with E-state index in [-0.39, 0.29) is 40.1 Å². The fraction of sp³-hybridized carbons (Fsp3) is 0.407. The number of rotatable bonds is 9. The van der Waals surface area contributed by atoms with Crippen LogP contribution in [0.25, 0.3) is 10.1 Å². The maximum atomic E-state index is 13.2. The predicted molar refractivity (Wildman–Crippen MR) is 156 cm³/mol. The molecule has 1 aliphatic rings. The van der Waals surface area contributed by atoms with Crippen molar-refractivity contribution in [2.75, 3.05) is 19.6 Å². The Morgan fingerprint density at radius 3 is 2.66 bits per heavy atom. The van der Waals surface area contributed by atoms with E-state index in [9.17, 15) is 18.0 Å². The number of hydrogen-bond donors (Lipinski definition) is 2. The molecule has 2 N–H and O–H groups in total. The molecule has 204 valence electrons. The summed E-state index contributed by atoms with van der Waals surface area (Å²) in [5.41, 5.74) is 0. The number of amides is 2. The molecule has 0 aliphatic carbocycles. The van der Waals surface area contributed by atoms with Crippen molar-refractivity contribution < 1.29 is 18.0 Å². The number of nitrogens with zero attached hydrogens (tertiary/aromatic N) is 1. The first-order valence-corrected chi connectivity index (χ1v) is 16.0. The standard InChI is InChI=1S/C27H31BrClN3O4S2/c1-17(2)12-22(31-27(34)24-13-19-7-3-4-8-23(19)37-24)26(33)30-15-18-6-5-11-32(16-18)38(35,36)25-10-9-20(28)14-21(25)29/h3-4,7-10,13-14,17-18,22H,5-6,11-12,15-16H2,1-2H3,(H,30,33)(H,31,34)/t18?,22-/m0/s1. The Balaban J connectivity index is 1.39. The van der Waals surface area contributed by atoms with E-state index in [1.807, 2.05) is 44.2 Å². The van der Waals surface area contributed by atoms with Crippen LogP contribution >= 0.6 is 38.9 Å². The number of piperidine rings is 1. The summed E-state index contributed by atoms with van der Waals surface area (Å²) in [6, 6.07) is 13.7. The summed E-state index contributed by atoms with van der Waals surface area (Å²) in [7, 11) is -3.76. The Morgan fingerprint density at radius 1 is 1.18 bits per heavy atom. The Labute approximate surface area is 241 Å². The highest BCUT2D eigenvalue weighted by Gasteiger charge is 2.32. The van der Waals surface area contributed by atoms with Gasteiger partial charge in [-0.1, -0.05) is 59.6 Å². The first-order chi connectivity index (χ1) is 18.0. The van der Waals surface area contributed by atoms with E-state index in [0.717, 1.165) is 16.5 Å². The topological polar surface area (TPSA) is 95.6 Å². The van der Waals surface area contributed by atoms with Gasteiger partial charge >= 0.3 is 0 Å². The monoisotopic (exact) mass is 639 g/mol. The van der Waals surface area contributed by atoms with Gasteiger partial charge in [0.1, 0.15) is 10.9 Å². The van der Waals surface area contributed by atoms with Gasteiger partial charge in [-0.3, -0.25) is 9.59 Å². The molecular formula is C27H31BrClN3O4S2. The number of nitrogens with one attached hydrogen (secondary N) is 2. The van der Waals surface area contributed by atoms with Crippen molar-refractivity contribution in [3.8, 4) is 0 Å². The number of benzene rings is 2. The van der Waals surface area contributed by atoms with Gasteiger partial charge in [0.2, 0.25) is 15.9 Å². The lowest BCUT2D eigenvalue weighted by atomic mass is 9.99. The van der Waals surface area contributed by atoms with Crippen LogP contribution in [0.5, 0.6) is 0 Å². The third-order valence-corrected chi connectivity index (χ3v) is 10.5. The number of thiophene rings is 1. The van der Waals surface area contributed by atoms with Crippen molar-refractivity contribution in [2.24, 2.45) is 11.8 Å². The summed E-state index contributed by atoms with van der Waals surface area (Å²) in [6.45, 7) is 5.02. The highest BCUT2D eigenvalue weighted by Crippen LogP contribution is 2.30. The lowest BCUT2D eigenvalue weighted by Gasteiger charge is -2.32. The van der Waals surface area contributed by atoms with Gasteiger partial charge in [-0.2, -0.15) is 4.31 Å². The first kappa shape index (κ1) is 29.0. The van der Waals surface area contributed by atoms with Crippen LogP contribution in [0.3, 0.4) is 0 Å². The van der Waals surface area contributed by atoms with E-state index in [4.69, 9.17) is 11.6 Å². The molecule has 1 fully saturated rings. The normalized spacial score (nSPS) is 17.4. The van der Waals surface area contributed by atoms with E-state index in [1.54, 1.807) is 12.1 Å². The predicted octanol–water partition coefficient (Wildman–Crippen LogP) is 5.68. The van der Waals surface area contributed by atoms with Gasteiger partial charge in [-0.05, 0) is 66.8 Å². The van der Waals surface area contributed by atoms with Crippen LogP contribution in [0, 0.1) is 11.8 Å². The zero-order valence-corrected chi connectivity index (χ0v) is 25.2. The maximum Gasteiger partial charge on any atom is 0.262 e. The smallest absolute Gasteiger partial charge is 0.262 e. The fourth-order valence-electron chi connectivity index (χ4n) is 4.63. The van der Waals surface area contributed by atoms with Crippen molar-refractivity contribution in [3.05, 3.63) is 62.9 Å². The first-order valence-electron chi connectivity index (χ1n) is 12.6. The maximum absolute atomic E-state index is 13.2. The van der Waals surface area contributed by atoms with Crippen LogP contribution in [-0.4, -0.2) is 50.2 Å². The number of hydrogen-bond acceptors (Lipinski definition) is 5. The van der Waals surface area contributed by atoms with Gasteiger partial charge in [-0.25, -0.2) is 8.42 Å². The highest BCUT2D eigenvalue weighted by atomic mass is 79.9. The van der Waals surface area contributed by atoms with E-state index in [1.165, 1.54) is 21.7 Å². The Kier molecular flexibility index (Phi) is 9.52. The van der Waals surface area contributed by atoms with Crippen molar-refractivity contribution in [2.45, 2.75) is 44.0 Å². The number of carbonyl (C=O) groups is 2. The minimum absolute atomic E-state index is 0.0466. The average molecular weight is 641 g/mol. The molecule has 1 aliphatic heterocycles. The summed E-state index contributed by atoms with van der Waals surface area (Å²) >= 11 is 10.9. The van der Waals surface area contributed by atoms with E-state index < -0.39 is 16.1 Å². The van der Waals surface area contributed by atoms with Gasteiger partial charge in [0.15, 0.2) is 0 Å². The van der Waals surface area contributed by atoms with Crippen molar-refractivity contribution in [1.82, 2.24) is 14.9 Å². The molecule has 2 amide bonds. The third kappa shape index (κ3) is 6.96. The summed E-state index contributed by atoms with van der Waals surface area (Å²) in [5.74, 6) is -0.383. The molecule has 0 spiro atoms. The molecule has 2 atom stereocenters. The average Bonchev–Trinajstić information content (AvgIpc) is 3.31. The molecule has 2 aromatic carbocycles. The quantitative estimate of drug-likeness (QED) is 0.315. The van der Waals surface area contributed by atoms with Crippen LogP contribution in [-0.2, 0) is 14.8 Å². The number of fused-ring (bicyclic) bond motifs is 1. The fourth-order valence-corrected chi connectivity index (χ4v) is 8.16. The van der Waals surface area contributed by atoms with Crippen LogP contribution in [0.1, 0.15) is 42.8 Å². The zero-order chi connectivity index (χ0) is 27.4. The molecule has 38 heavy (non-hydrogen) atoms. The molecule has 2 heterocycles. The zero-order valence-electron chi connectivity index (χ0n) is 21.2. The third-order valence-electron chi connectivity index (χ3n) is 6.54. The minimum Gasteiger partial charge on any atom is -0.354 e. The molecule has 7 nitrogen and oxygen atoms in total. The van der Waals surface area contributed by atoms with E-state index in [2.05, 4.69) is 26.6 Å². The highest BCUT2D eigenvalue weighted by molar-refractivity contribution is 9.10. The van der Waals surface area contributed by atoms with Crippen molar-refractivity contribution in [1.29, 1.82) is 0 Å². The minimum atomic E-state index is -3.76. The molecule has 3 aromatic rings. The lowest BCUT2D eigenvalue weighted by Crippen LogP contribution is -2.50. The van der Waals surface area contributed by atoms with Crippen molar-refractivity contribution in [3.63, 3.8) is 0 Å². The van der Waals surface area contributed by atoms with Crippen molar-refractivity contribution >= 4 is 70.8 Å². The Hall–Kier alpha value is -1.98. The van der Waals surface area contributed by atoms with Gasteiger partial charge in [0.25, 0.3) is 5.91 Å². The summed E-state index contributed by atoms with van der Waals surface area (Å²) in [6.07, 6.45) is 1.98. The van der Waals surface area contributed by atoms with Crippen LogP contribution in [0.4, 0.5) is 0 Å². The number of carbonyl (C=O) groups excluding carboxylic acids is 2. The lowest BCUT2D eigenvalue weighted by molar-refractivity contribution is -0.123. The Bertz CT molecular complexity index is 1390. The van der Waals surface area contributed by atoms with Gasteiger partial charge in [0, 0.05) is 28.8 Å². The number of halogens is 2. The molecular weight excluding hydrogens is 610 g/mol. The van der Waals surface area contributed by atoms with Gasteiger partial charge in [0.05, 0.1) is 9.90 Å². The van der Waals surface area contributed by atoms with E-state index in [0.29, 0.717) is 35.3 Å². The molecule has 1 saturated heterocycles. The second-order valence-electron chi connectivity index (χ2n) is 10.00. The SMILES string of the molecule is CC(C)C[C@H](NC(=O)c1cc2ccccc2s1)C(=O)NCC1CCCN(S(=O)(=O)c2ccc(Br)cc2Cl)C1. The molecule has 1 unspecified atom stereocenters. The largest absolute Gasteiger partial charge is 0.354 e.